The quantitative estimate of drug-likeness (QED) is 0.106. The molecule has 6 atom stereocenters. The molecule has 37 heavy (non-hydrogen) atoms. The Balaban J connectivity index is 1.80. The molecule has 13 heteroatoms. The third-order valence-corrected chi connectivity index (χ3v) is 8.54. The molecule has 0 spiro atoms. The predicted octanol–water partition coefficient (Wildman–Crippen LogP) is 0.252. The van der Waals surface area contributed by atoms with Crippen LogP contribution in [0.4, 0.5) is 0 Å². The number of ether oxygens (including phenoxy) is 1. The number of nitrogens with two attached hydrogens (primary N) is 1. The van der Waals surface area contributed by atoms with Crippen LogP contribution in [0.5, 0.6) is 0 Å². The number of aliphatic hydroxyl groups excluding tert-OH is 1. The number of aliphatic carboxylic acids is 2. The zero-order valence-corrected chi connectivity index (χ0v) is 21.3. The summed E-state index contributed by atoms with van der Waals surface area (Å²) in [4.78, 5) is 59.9. The van der Waals surface area contributed by atoms with Crippen molar-refractivity contribution < 1.29 is 44.0 Å². The Bertz CT molecular complexity index is 1010. The Labute approximate surface area is 218 Å². The van der Waals surface area contributed by atoms with E-state index < -0.39 is 52.7 Å². The summed E-state index contributed by atoms with van der Waals surface area (Å²) < 4.78 is 5.18. The van der Waals surface area contributed by atoms with Crippen LogP contribution in [0, 0.1) is 11.8 Å². The zero-order valence-electron chi connectivity index (χ0n) is 20.5. The monoisotopic (exact) mass is 539 g/mol. The number of thioether (sulfide) groups is 1. The highest BCUT2D eigenvalue weighted by molar-refractivity contribution is 8.00. The number of esters is 1. The molecule has 0 radical (unpaired) electrons. The second-order valence-electron chi connectivity index (χ2n) is 9.49. The van der Waals surface area contributed by atoms with Gasteiger partial charge in [0, 0.05) is 12.2 Å². The molecule has 0 saturated carbocycles. The van der Waals surface area contributed by atoms with E-state index in [4.69, 9.17) is 20.7 Å². The van der Waals surface area contributed by atoms with Crippen LogP contribution in [0.15, 0.2) is 23.5 Å². The van der Waals surface area contributed by atoms with E-state index in [1.54, 1.807) is 0 Å². The number of nitrogens with one attached hydrogen (secondary N) is 2. The molecule has 3 rings (SSSR count). The summed E-state index contributed by atoms with van der Waals surface area (Å²) in [5.41, 5.74) is 6.43. The molecule has 6 unspecified atom stereocenters. The predicted molar refractivity (Wildman–Crippen MR) is 132 cm³/mol. The lowest BCUT2D eigenvalue weighted by molar-refractivity contribution is -0.151. The number of carbonyl (C=O) groups excluding carboxylic acids is 3. The third kappa shape index (κ3) is 6.51. The van der Waals surface area contributed by atoms with Gasteiger partial charge >= 0.3 is 17.9 Å². The second-order valence-corrected chi connectivity index (χ2v) is 10.9. The van der Waals surface area contributed by atoms with Crippen molar-refractivity contribution in [3.63, 3.8) is 0 Å². The fourth-order valence-corrected chi connectivity index (χ4v) is 6.64. The SMILES string of the molecule is CCCC1(SCC(NC(=O)CCC(N)C(=O)O)C(=O)NC(O)C(=O)O)CCC2CC=CC3C(=O)OC1=C23. The summed E-state index contributed by atoms with van der Waals surface area (Å²) in [6.07, 6.45) is 5.02. The van der Waals surface area contributed by atoms with Crippen molar-refractivity contribution in [2.24, 2.45) is 17.6 Å². The molecule has 7 N–H and O–H groups in total. The molecule has 0 fully saturated rings. The lowest BCUT2D eigenvalue weighted by Gasteiger charge is -2.41. The van der Waals surface area contributed by atoms with Gasteiger partial charge in [-0.2, -0.15) is 0 Å². The highest BCUT2D eigenvalue weighted by Crippen LogP contribution is 2.55. The number of carboxylic acids is 2. The molecule has 2 aliphatic carbocycles. The largest absolute Gasteiger partial charge is 0.480 e. The van der Waals surface area contributed by atoms with Crippen LogP contribution in [0.2, 0.25) is 0 Å². The number of allylic oxidation sites excluding steroid dienone is 1. The number of hydrogen-bond donors (Lipinski definition) is 6. The van der Waals surface area contributed by atoms with Crippen molar-refractivity contribution in [1.29, 1.82) is 0 Å². The highest BCUT2D eigenvalue weighted by Gasteiger charge is 2.52. The van der Waals surface area contributed by atoms with E-state index in [9.17, 15) is 29.1 Å². The summed E-state index contributed by atoms with van der Waals surface area (Å²) in [6.45, 7) is 2.00. The first-order valence-corrected chi connectivity index (χ1v) is 13.2. The maximum atomic E-state index is 12.8. The van der Waals surface area contributed by atoms with Crippen molar-refractivity contribution >= 4 is 41.5 Å². The number of aliphatic hydroxyl groups is 1. The lowest BCUT2D eigenvalue weighted by atomic mass is 9.71. The van der Waals surface area contributed by atoms with Gasteiger partial charge in [-0.25, -0.2) is 4.79 Å². The first-order chi connectivity index (χ1) is 17.5. The van der Waals surface area contributed by atoms with E-state index in [1.165, 1.54) is 11.8 Å². The van der Waals surface area contributed by atoms with Gasteiger partial charge in [0.05, 0.1) is 4.75 Å². The van der Waals surface area contributed by atoms with Gasteiger partial charge in [0.25, 0.3) is 0 Å². The number of carboxylic acid groups (broad SMARTS) is 2. The standard InChI is InChI=1S/C24H33N3O9S/c1-2-9-24(10-8-12-4-3-5-13-17(12)18(24)36-23(13)35)37-11-15(19(29)27-20(30)22(33)34)26-16(28)7-6-14(25)21(31)32/h3,5,12-15,20,30H,2,4,6-11,25H2,1H3,(H,26,28)(H,27,29)(H,31,32)(H,33,34). The number of amides is 2. The van der Waals surface area contributed by atoms with E-state index in [2.05, 4.69) is 5.32 Å². The summed E-state index contributed by atoms with van der Waals surface area (Å²) in [7, 11) is 0. The van der Waals surface area contributed by atoms with Crippen LogP contribution in [0.25, 0.3) is 0 Å². The zero-order chi connectivity index (χ0) is 27.3. The van der Waals surface area contributed by atoms with Gasteiger partial charge in [0.2, 0.25) is 18.0 Å². The molecule has 12 nitrogen and oxygen atoms in total. The molecule has 204 valence electrons. The van der Waals surface area contributed by atoms with Crippen molar-refractivity contribution in [3.05, 3.63) is 23.5 Å². The van der Waals surface area contributed by atoms with Crippen molar-refractivity contribution in [3.8, 4) is 0 Å². The van der Waals surface area contributed by atoms with Gasteiger partial charge in [0.1, 0.15) is 23.8 Å². The van der Waals surface area contributed by atoms with Gasteiger partial charge in [0.15, 0.2) is 0 Å². The Morgan fingerprint density at radius 2 is 1.97 bits per heavy atom. The Hall–Kier alpha value is -2.90. The van der Waals surface area contributed by atoms with Crippen LogP contribution in [-0.4, -0.2) is 73.9 Å². The number of hydrogen-bond acceptors (Lipinski definition) is 9. The Morgan fingerprint density at radius 1 is 1.24 bits per heavy atom. The van der Waals surface area contributed by atoms with Crippen molar-refractivity contribution in [1.82, 2.24) is 10.6 Å². The van der Waals surface area contributed by atoms with E-state index in [-0.39, 0.29) is 30.5 Å². The van der Waals surface area contributed by atoms with E-state index in [0.717, 1.165) is 24.8 Å². The average molecular weight is 540 g/mol. The molecular formula is C24H33N3O9S. The second kappa shape index (κ2) is 12.1. The first kappa shape index (κ1) is 28.7. The maximum absolute atomic E-state index is 12.8. The molecular weight excluding hydrogens is 506 g/mol. The molecule has 1 heterocycles. The lowest BCUT2D eigenvalue weighted by Crippen LogP contribution is -2.53. The first-order valence-electron chi connectivity index (χ1n) is 12.2. The molecule has 1 aliphatic heterocycles. The Kier molecular flexibility index (Phi) is 9.37. The number of rotatable bonds is 13. The molecule has 2 amide bonds. The van der Waals surface area contributed by atoms with Crippen LogP contribution >= 0.6 is 11.8 Å². The van der Waals surface area contributed by atoms with Gasteiger partial charge in [-0.05, 0) is 43.6 Å². The summed E-state index contributed by atoms with van der Waals surface area (Å²) in [6, 6.07) is -2.50. The van der Waals surface area contributed by atoms with Gasteiger partial charge in [-0.15, -0.1) is 11.8 Å². The molecule has 0 aromatic heterocycles. The van der Waals surface area contributed by atoms with Gasteiger partial charge < -0.3 is 36.4 Å². The van der Waals surface area contributed by atoms with Gasteiger partial charge in [-0.1, -0.05) is 25.5 Å². The van der Waals surface area contributed by atoms with Gasteiger partial charge in [-0.3, -0.25) is 19.2 Å². The summed E-state index contributed by atoms with van der Waals surface area (Å²) in [5.74, 6) is -4.40. The average Bonchev–Trinajstić information content (AvgIpc) is 3.20. The molecule has 0 saturated heterocycles. The fourth-order valence-electron chi connectivity index (χ4n) is 5.02. The fraction of sp³-hybridized carbons (Fsp3) is 0.625. The minimum atomic E-state index is -2.17. The van der Waals surface area contributed by atoms with Crippen LogP contribution in [0.1, 0.15) is 51.9 Å². The maximum Gasteiger partial charge on any atom is 0.353 e. The topological polar surface area (TPSA) is 205 Å². The van der Waals surface area contributed by atoms with Crippen LogP contribution in [0.3, 0.4) is 0 Å². The normalized spacial score (nSPS) is 26.5. The Morgan fingerprint density at radius 3 is 2.62 bits per heavy atom. The van der Waals surface area contributed by atoms with E-state index >= 15 is 0 Å². The highest BCUT2D eigenvalue weighted by atomic mass is 32.2. The van der Waals surface area contributed by atoms with E-state index in [0.29, 0.717) is 18.6 Å². The van der Waals surface area contributed by atoms with Crippen LogP contribution in [-0.2, 0) is 28.7 Å². The minimum absolute atomic E-state index is 0.00556. The van der Waals surface area contributed by atoms with Crippen molar-refractivity contribution in [2.75, 3.05) is 5.75 Å². The number of carbonyl (C=O) groups is 5. The minimum Gasteiger partial charge on any atom is -0.480 e. The van der Waals surface area contributed by atoms with Crippen LogP contribution < -0.4 is 16.4 Å². The third-order valence-electron chi connectivity index (χ3n) is 6.90. The molecule has 0 aromatic rings. The summed E-state index contributed by atoms with van der Waals surface area (Å²) in [5, 5.41) is 31.9. The molecule has 3 aliphatic rings. The molecule has 0 aromatic carbocycles. The smallest absolute Gasteiger partial charge is 0.353 e. The molecule has 0 bridgehead atoms. The summed E-state index contributed by atoms with van der Waals surface area (Å²) >= 11 is 1.35. The van der Waals surface area contributed by atoms with E-state index in [1.807, 2.05) is 24.4 Å². The van der Waals surface area contributed by atoms with Crippen molar-refractivity contribution in [2.45, 2.75) is 74.9 Å².